The van der Waals surface area contributed by atoms with Gasteiger partial charge < -0.3 is 15.0 Å². The number of carbonyl (C=O) groups is 2. The second kappa shape index (κ2) is 6.39. The lowest BCUT2D eigenvalue weighted by molar-refractivity contribution is -0.118. The second-order valence-electron chi connectivity index (χ2n) is 7.50. The standard InChI is InChI=1S/C18H23BrN2O3/c1-18(2,3)24-17(23)21-8-6-11(7-9-21)15-13-5-4-12(19)10-14(13)20-16(15)22/h4-5,10-11,15H,6-9H2,1-3H3,(H,20,22). The predicted octanol–water partition coefficient (Wildman–Crippen LogP) is 4.13. The average molecular weight is 395 g/mol. The molecule has 130 valence electrons. The largest absolute Gasteiger partial charge is 0.444 e. The van der Waals surface area contributed by atoms with Crippen LogP contribution >= 0.6 is 15.9 Å². The van der Waals surface area contributed by atoms with E-state index in [4.69, 9.17) is 4.74 Å². The van der Waals surface area contributed by atoms with Crippen molar-refractivity contribution in [2.75, 3.05) is 18.4 Å². The molecule has 24 heavy (non-hydrogen) atoms. The number of nitrogens with zero attached hydrogens (tertiary/aromatic N) is 1. The lowest BCUT2D eigenvalue weighted by Crippen LogP contribution is -2.43. The summed E-state index contributed by atoms with van der Waals surface area (Å²) in [7, 11) is 0. The minimum atomic E-state index is -0.481. The summed E-state index contributed by atoms with van der Waals surface area (Å²) in [5, 5.41) is 2.98. The van der Waals surface area contributed by atoms with Gasteiger partial charge in [-0.2, -0.15) is 0 Å². The molecule has 0 radical (unpaired) electrons. The number of hydrogen-bond acceptors (Lipinski definition) is 3. The Bertz CT molecular complexity index is 661. The molecule has 3 rings (SSSR count). The zero-order chi connectivity index (χ0) is 17.5. The van der Waals surface area contributed by atoms with E-state index in [1.165, 1.54) is 0 Å². The third-order valence-electron chi connectivity index (χ3n) is 4.55. The van der Waals surface area contributed by atoms with Crippen LogP contribution in [0.2, 0.25) is 0 Å². The summed E-state index contributed by atoms with van der Waals surface area (Å²) in [6.07, 6.45) is 1.36. The SMILES string of the molecule is CC(C)(C)OC(=O)N1CCC(C2C(=O)Nc3cc(Br)ccc32)CC1. The van der Waals surface area contributed by atoms with Crippen LogP contribution in [-0.4, -0.2) is 35.6 Å². The molecule has 0 bridgehead atoms. The van der Waals surface area contributed by atoms with Gasteiger partial charge >= 0.3 is 6.09 Å². The maximum absolute atomic E-state index is 12.4. The fourth-order valence-electron chi connectivity index (χ4n) is 3.47. The first-order valence-corrected chi connectivity index (χ1v) is 9.12. The first kappa shape index (κ1) is 17.3. The summed E-state index contributed by atoms with van der Waals surface area (Å²) in [5.41, 5.74) is 1.49. The van der Waals surface area contributed by atoms with Crippen LogP contribution in [-0.2, 0) is 9.53 Å². The molecule has 1 fully saturated rings. The number of nitrogens with one attached hydrogen (secondary N) is 1. The van der Waals surface area contributed by atoms with Crippen molar-refractivity contribution in [1.82, 2.24) is 4.90 Å². The molecule has 1 unspecified atom stereocenters. The second-order valence-corrected chi connectivity index (χ2v) is 8.42. The minimum Gasteiger partial charge on any atom is -0.444 e. The molecule has 1 saturated heterocycles. The molecular weight excluding hydrogens is 372 g/mol. The Morgan fingerprint density at radius 2 is 1.96 bits per heavy atom. The van der Waals surface area contributed by atoms with Crippen molar-refractivity contribution in [1.29, 1.82) is 0 Å². The molecule has 1 atom stereocenters. The van der Waals surface area contributed by atoms with E-state index in [9.17, 15) is 9.59 Å². The molecule has 1 aromatic carbocycles. The van der Waals surface area contributed by atoms with E-state index in [1.54, 1.807) is 4.90 Å². The summed E-state index contributed by atoms with van der Waals surface area (Å²) in [6, 6.07) is 5.94. The Balaban J connectivity index is 1.66. The van der Waals surface area contributed by atoms with Gasteiger partial charge in [0.15, 0.2) is 0 Å². The Morgan fingerprint density at radius 3 is 2.58 bits per heavy atom. The number of piperidine rings is 1. The molecule has 6 heteroatoms. The van der Waals surface area contributed by atoms with Crippen LogP contribution in [0.1, 0.15) is 45.1 Å². The molecule has 0 spiro atoms. The number of anilines is 1. The molecule has 2 amide bonds. The van der Waals surface area contributed by atoms with Gasteiger partial charge in [0.25, 0.3) is 0 Å². The Kier molecular flexibility index (Phi) is 4.60. The summed E-state index contributed by atoms with van der Waals surface area (Å²) >= 11 is 3.44. The Hall–Kier alpha value is -1.56. The van der Waals surface area contributed by atoms with Crippen molar-refractivity contribution in [3.63, 3.8) is 0 Å². The highest BCUT2D eigenvalue weighted by molar-refractivity contribution is 9.10. The van der Waals surface area contributed by atoms with E-state index < -0.39 is 5.60 Å². The van der Waals surface area contributed by atoms with Gasteiger partial charge in [0, 0.05) is 23.2 Å². The third kappa shape index (κ3) is 3.58. The molecule has 5 nitrogen and oxygen atoms in total. The van der Waals surface area contributed by atoms with E-state index in [-0.39, 0.29) is 23.8 Å². The summed E-state index contributed by atoms with van der Waals surface area (Å²) in [6.45, 7) is 6.88. The maximum atomic E-state index is 12.4. The highest BCUT2D eigenvalue weighted by Crippen LogP contribution is 2.42. The highest BCUT2D eigenvalue weighted by Gasteiger charge is 2.39. The number of benzene rings is 1. The molecule has 0 saturated carbocycles. The van der Waals surface area contributed by atoms with Crippen LogP contribution < -0.4 is 5.32 Å². The number of likely N-dealkylation sites (tertiary alicyclic amines) is 1. The van der Waals surface area contributed by atoms with Gasteiger partial charge in [0.1, 0.15) is 5.60 Å². The van der Waals surface area contributed by atoms with Gasteiger partial charge in [-0.3, -0.25) is 4.79 Å². The first-order chi connectivity index (χ1) is 11.2. The lowest BCUT2D eigenvalue weighted by Gasteiger charge is -2.35. The summed E-state index contributed by atoms with van der Waals surface area (Å²) in [5.74, 6) is 0.207. The zero-order valence-corrected chi connectivity index (χ0v) is 15.9. The van der Waals surface area contributed by atoms with Gasteiger partial charge in [0.05, 0.1) is 5.92 Å². The van der Waals surface area contributed by atoms with Crippen molar-refractivity contribution in [3.05, 3.63) is 28.2 Å². The van der Waals surface area contributed by atoms with Crippen LogP contribution in [0.5, 0.6) is 0 Å². The number of halogens is 1. The average Bonchev–Trinajstić information content (AvgIpc) is 2.80. The van der Waals surface area contributed by atoms with Gasteiger partial charge in [-0.1, -0.05) is 22.0 Å². The topological polar surface area (TPSA) is 58.6 Å². The molecule has 0 aliphatic carbocycles. The number of hydrogen-bond donors (Lipinski definition) is 1. The summed E-state index contributed by atoms with van der Waals surface area (Å²) < 4.78 is 6.39. The van der Waals surface area contributed by atoms with E-state index in [0.717, 1.165) is 28.6 Å². The predicted molar refractivity (Wildman–Crippen MR) is 96.0 cm³/mol. The fourth-order valence-corrected chi connectivity index (χ4v) is 3.83. The molecular formula is C18H23BrN2O3. The van der Waals surface area contributed by atoms with Crippen molar-refractivity contribution in [2.24, 2.45) is 5.92 Å². The van der Waals surface area contributed by atoms with Crippen LogP contribution in [0.3, 0.4) is 0 Å². The number of fused-ring (bicyclic) bond motifs is 1. The van der Waals surface area contributed by atoms with Crippen molar-refractivity contribution < 1.29 is 14.3 Å². The summed E-state index contributed by atoms with van der Waals surface area (Å²) in [4.78, 5) is 26.3. The Morgan fingerprint density at radius 1 is 1.29 bits per heavy atom. The van der Waals surface area contributed by atoms with Crippen molar-refractivity contribution in [3.8, 4) is 0 Å². The minimum absolute atomic E-state index is 0.0684. The van der Waals surface area contributed by atoms with E-state index in [1.807, 2.05) is 39.0 Å². The molecule has 2 aliphatic heterocycles. The number of ether oxygens (including phenoxy) is 1. The Labute approximate surface area is 150 Å². The maximum Gasteiger partial charge on any atom is 0.410 e. The monoisotopic (exact) mass is 394 g/mol. The highest BCUT2D eigenvalue weighted by atomic mass is 79.9. The van der Waals surface area contributed by atoms with Gasteiger partial charge in [-0.25, -0.2) is 4.79 Å². The quantitative estimate of drug-likeness (QED) is 0.778. The van der Waals surface area contributed by atoms with Gasteiger partial charge in [-0.15, -0.1) is 0 Å². The molecule has 1 aromatic rings. The molecule has 2 heterocycles. The molecule has 0 aromatic heterocycles. The fraction of sp³-hybridized carbons (Fsp3) is 0.556. The number of rotatable bonds is 1. The smallest absolute Gasteiger partial charge is 0.410 e. The van der Waals surface area contributed by atoms with E-state index >= 15 is 0 Å². The molecule has 1 N–H and O–H groups in total. The number of carbonyl (C=O) groups excluding carboxylic acids is 2. The molecule has 2 aliphatic rings. The van der Waals surface area contributed by atoms with Crippen molar-refractivity contribution >= 4 is 33.6 Å². The third-order valence-corrected chi connectivity index (χ3v) is 5.05. The zero-order valence-electron chi connectivity index (χ0n) is 14.3. The van der Waals surface area contributed by atoms with Crippen LogP contribution in [0.15, 0.2) is 22.7 Å². The van der Waals surface area contributed by atoms with Gasteiger partial charge in [-0.05, 0) is 57.2 Å². The van der Waals surface area contributed by atoms with Crippen LogP contribution in [0.25, 0.3) is 0 Å². The van der Waals surface area contributed by atoms with E-state index in [0.29, 0.717) is 13.1 Å². The van der Waals surface area contributed by atoms with Gasteiger partial charge in [0.2, 0.25) is 5.91 Å². The van der Waals surface area contributed by atoms with Crippen LogP contribution in [0, 0.1) is 5.92 Å². The van der Waals surface area contributed by atoms with E-state index in [2.05, 4.69) is 21.2 Å². The normalized spacial score (nSPS) is 21.4. The number of amides is 2. The van der Waals surface area contributed by atoms with Crippen molar-refractivity contribution in [2.45, 2.75) is 45.1 Å². The van der Waals surface area contributed by atoms with Crippen LogP contribution in [0.4, 0.5) is 10.5 Å². The first-order valence-electron chi connectivity index (χ1n) is 8.33. The lowest BCUT2D eigenvalue weighted by atomic mass is 9.81.